The van der Waals surface area contributed by atoms with E-state index in [4.69, 9.17) is 20.9 Å². The quantitative estimate of drug-likeness (QED) is 0.375. The molecule has 0 unspecified atom stereocenters. The molecule has 2 aliphatic rings. The predicted molar refractivity (Wildman–Crippen MR) is 137 cm³/mol. The summed E-state index contributed by atoms with van der Waals surface area (Å²) in [5.74, 6) is 0.120. The normalized spacial score (nSPS) is 17.6. The zero-order valence-corrected chi connectivity index (χ0v) is 19.6. The molecule has 4 heterocycles. The average molecular weight is 459 g/mol. The molecule has 0 aromatic carbocycles. The second kappa shape index (κ2) is 10.0. The minimum atomic E-state index is -0.458. The number of carbonyl (C=O) groups excluding carboxylic acids is 1. The Balaban J connectivity index is 1.54. The maximum Gasteiger partial charge on any atom is 0.271 e. The molecule has 34 heavy (non-hydrogen) atoms. The van der Waals surface area contributed by atoms with Crippen molar-refractivity contribution in [1.82, 2.24) is 9.97 Å². The minimum absolute atomic E-state index is 0.0192. The zero-order valence-electron chi connectivity index (χ0n) is 19.6. The zero-order chi connectivity index (χ0) is 24.2. The number of hydrogen-bond donors (Lipinski definition) is 4. The van der Waals surface area contributed by atoms with Crippen LogP contribution in [0.2, 0.25) is 0 Å². The fraction of sp³-hybridized carbons (Fsp3) is 0.308. The molecule has 2 aliphatic heterocycles. The van der Waals surface area contributed by atoms with Crippen LogP contribution >= 0.6 is 0 Å². The second-order valence-corrected chi connectivity index (χ2v) is 8.74. The van der Waals surface area contributed by atoms with Crippen molar-refractivity contribution < 1.29 is 9.53 Å². The molecule has 0 aliphatic carbocycles. The van der Waals surface area contributed by atoms with Gasteiger partial charge in [0.15, 0.2) is 0 Å². The van der Waals surface area contributed by atoms with Crippen LogP contribution in [-0.4, -0.2) is 40.5 Å². The monoisotopic (exact) mass is 458 g/mol. The van der Waals surface area contributed by atoms with Gasteiger partial charge in [-0.2, -0.15) is 0 Å². The van der Waals surface area contributed by atoms with Gasteiger partial charge in [0.25, 0.3) is 5.91 Å². The number of nitrogens with zero attached hydrogens (tertiary/aromatic N) is 2. The van der Waals surface area contributed by atoms with Crippen LogP contribution in [0.5, 0.6) is 0 Å². The van der Waals surface area contributed by atoms with Crippen molar-refractivity contribution in [3.63, 3.8) is 0 Å². The number of hydrogen-bond acceptors (Lipinski definition) is 6. The highest BCUT2D eigenvalue weighted by Gasteiger charge is 2.18. The first-order valence-electron chi connectivity index (χ1n) is 11.4. The van der Waals surface area contributed by atoms with E-state index in [1.54, 1.807) is 20.0 Å². The summed E-state index contributed by atoms with van der Waals surface area (Å²) in [6.07, 6.45) is 10.5. The van der Waals surface area contributed by atoms with E-state index in [9.17, 15) is 4.79 Å². The van der Waals surface area contributed by atoms with Gasteiger partial charge < -0.3 is 26.2 Å². The molecular weight excluding hydrogens is 428 g/mol. The van der Waals surface area contributed by atoms with Crippen LogP contribution in [0.3, 0.4) is 0 Å². The molecule has 1 fully saturated rings. The number of amides is 1. The van der Waals surface area contributed by atoms with Crippen LogP contribution in [0.4, 0.5) is 5.69 Å². The van der Waals surface area contributed by atoms with E-state index in [1.165, 1.54) is 0 Å². The Kier molecular flexibility index (Phi) is 6.88. The summed E-state index contributed by atoms with van der Waals surface area (Å²) in [4.78, 5) is 24.9. The smallest absolute Gasteiger partial charge is 0.271 e. The molecule has 0 bridgehead atoms. The summed E-state index contributed by atoms with van der Waals surface area (Å²) in [5, 5.41) is 11.3. The van der Waals surface area contributed by atoms with E-state index in [0.717, 1.165) is 60.4 Å². The summed E-state index contributed by atoms with van der Waals surface area (Å²) in [6.45, 7) is 9.07. The summed E-state index contributed by atoms with van der Waals surface area (Å²) in [6, 6.07) is 3.81. The lowest BCUT2D eigenvalue weighted by Crippen LogP contribution is -2.23. The summed E-state index contributed by atoms with van der Waals surface area (Å²) < 4.78 is 5.47. The maximum absolute atomic E-state index is 12.4. The van der Waals surface area contributed by atoms with Crippen molar-refractivity contribution in [2.75, 3.05) is 18.5 Å². The SMILES string of the molecule is C=C1C=CC(c2cc3cc(NC(=O)/C(N)=C(\C)C(C)=N)cnc3[nH]2)=CN=C1CC1CCOCC1. The fourth-order valence-corrected chi connectivity index (χ4v) is 3.94. The van der Waals surface area contributed by atoms with Gasteiger partial charge in [0.1, 0.15) is 11.3 Å². The molecule has 8 nitrogen and oxygen atoms in total. The molecule has 0 radical (unpaired) electrons. The van der Waals surface area contributed by atoms with Gasteiger partial charge in [0.05, 0.1) is 11.9 Å². The van der Waals surface area contributed by atoms with Crippen molar-refractivity contribution in [2.45, 2.75) is 33.1 Å². The van der Waals surface area contributed by atoms with Crippen molar-refractivity contribution in [3.05, 3.63) is 65.8 Å². The van der Waals surface area contributed by atoms with Gasteiger partial charge in [-0.05, 0) is 62.3 Å². The number of allylic oxidation sites excluding steroid dienone is 5. The molecule has 2 aromatic rings. The van der Waals surface area contributed by atoms with E-state index in [2.05, 4.69) is 21.9 Å². The topological polar surface area (TPSA) is 129 Å². The van der Waals surface area contributed by atoms with Crippen LogP contribution in [-0.2, 0) is 9.53 Å². The number of pyridine rings is 1. The lowest BCUT2D eigenvalue weighted by atomic mass is 9.91. The second-order valence-electron chi connectivity index (χ2n) is 8.74. The lowest BCUT2D eigenvalue weighted by Gasteiger charge is -2.22. The van der Waals surface area contributed by atoms with Crippen LogP contribution < -0.4 is 11.1 Å². The Hall–Kier alpha value is -3.78. The highest BCUT2D eigenvalue weighted by atomic mass is 16.5. The highest BCUT2D eigenvalue weighted by molar-refractivity contribution is 6.10. The van der Waals surface area contributed by atoms with Crippen LogP contribution in [0.1, 0.15) is 38.8 Å². The number of carbonyl (C=O) groups is 1. The Morgan fingerprint density at radius 2 is 2.06 bits per heavy atom. The van der Waals surface area contributed by atoms with Crippen molar-refractivity contribution >= 4 is 39.6 Å². The van der Waals surface area contributed by atoms with Gasteiger partial charge >= 0.3 is 0 Å². The van der Waals surface area contributed by atoms with Crippen molar-refractivity contribution in [2.24, 2.45) is 16.6 Å². The number of H-pyrrole nitrogens is 1. The molecule has 8 heteroatoms. The average Bonchev–Trinajstić information content (AvgIpc) is 3.17. The Labute approximate surface area is 198 Å². The van der Waals surface area contributed by atoms with Gasteiger partial charge in [-0.3, -0.25) is 9.79 Å². The van der Waals surface area contributed by atoms with Crippen LogP contribution in [0, 0.1) is 11.3 Å². The first-order valence-corrected chi connectivity index (χ1v) is 11.4. The summed E-state index contributed by atoms with van der Waals surface area (Å²) in [7, 11) is 0. The number of aliphatic imine (C=N–C) groups is 1. The van der Waals surface area contributed by atoms with E-state index < -0.39 is 5.91 Å². The third kappa shape index (κ3) is 5.23. The molecule has 5 N–H and O–H groups in total. The first kappa shape index (κ1) is 23.4. The van der Waals surface area contributed by atoms with Crippen molar-refractivity contribution in [3.8, 4) is 0 Å². The molecule has 1 amide bonds. The predicted octanol–water partition coefficient (Wildman–Crippen LogP) is 4.50. The standard InChI is InChI=1S/C26H30N6O2/c1-15-4-5-19(13-29-22(15)10-18-6-8-34-9-7-18)23-12-20-11-21(14-30-25(20)32-23)31-26(33)24(28)16(2)17(3)27/h4-5,11-14,18,27H,1,6-10,28H2,2-3H3,(H,30,32)(H,31,33)/b24-16-,27-17?. The number of fused-ring (bicyclic) bond motifs is 1. The number of rotatable bonds is 6. The third-order valence-electron chi connectivity index (χ3n) is 6.27. The van der Waals surface area contributed by atoms with Gasteiger partial charge in [-0.15, -0.1) is 0 Å². The molecule has 0 spiro atoms. The maximum atomic E-state index is 12.4. The third-order valence-corrected chi connectivity index (χ3v) is 6.27. The molecular formula is C26H30N6O2. The van der Waals surface area contributed by atoms with E-state index >= 15 is 0 Å². The minimum Gasteiger partial charge on any atom is -0.394 e. The highest BCUT2D eigenvalue weighted by Crippen LogP contribution is 2.27. The van der Waals surface area contributed by atoms with E-state index in [1.807, 2.05) is 30.5 Å². The molecule has 176 valence electrons. The molecule has 4 rings (SSSR count). The van der Waals surface area contributed by atoms with Crippen LogP contribution in [0.25, 0.3) is 16.6 Å². The number of anilines is 1. The van der Waals surface area contributed by atoms with Crippen LogP contribution in [0.15, 0.2) is 65.1 Å². The first-order chi connectivity index (χ1) is 16.3. The Morgan fingerprint density at radius 3 is 2.79 bits per heavy atom. The number of aromatic nitrogens is 2. The number of nitrogens with two attached hydrogens (primary N) is 1. The number of ether oxygens (including phenoxy) is 1. The Bertz CT molecular complexity index is 1270. The molecule has 0 atom stereocenters. The molecule has 1 saturated heterocycles. The molecule has 2 aromatic heterocycles. The van der Waals surface area contributed by atoms with Gasteiger partial charge in [0, 0.05) is 47.5 Å². The largest absolute Gasteiger partial charge is 0.394 e. The Morgan fingerprint density at radius 1 is 1.29 bits per heavy atom. The fourth-order valence-electron chi connectivity index (χ4n) is 3.94. The van der Waals surface area contributed by atoms with Gasteiger partial charge in [-0.1, -0.05) is 18.7 Å². The van der Waals surface area contributed by atoms with Gasteiger partial charge in [0.2, 0.25) is 0 Å². The molecule has 0 saturated carbocycles. The van der Waals surface area contributed by atoms with Gasteiger partial charge in [-0.25, -0.2) is 4.98 Å². The van der Waals surface area contributed by atoms with Crippen molar-refractivity contribution in [1.29, 1.82) is 5.41 Å². The number of aromatic amines is 1. The lowest BCUT2D eigenvalue weighted by molar-refractivity contribution is -0.112. The van der Waals surface area contributed by atoms with E-state index in [0.29, 0.717) is 22.8 Å². The summed E-state index contributed by atoms with van der Waals surface area (Å²) >= 11 is 0. The summed E-state index contributed by atoms with van der Waals surface area (Å²) in [5.41, 5.74) is 11.6. The van der Waals surface area contributed by atoms with E-state index in [-0.39, 0.29) is 11.4 Å². The number of nitrogens with one attached hydrogen (secondary N) is 3.